The van der Waals surface area contributed by atoms with Crippen LogP contribution in [0.25, 0.3) is 0 Å². The number of carbonyl (C=O) groups is 1. The highest BCUT2D eigenvalue weighted by atomic mass is 16.6. The molecule has 32 heavy (non-hydrogen) atoms. The zero-order chi connectivity index (χ0) is 24.1. The number of rotatable bonds is 10. The van der Waals surface area contributed by atoms with Crippen molar-refractivity contribution in [3.05, 3.63) is 68.3 Å². The van der Waals surface area contributed by atoms with E-state index in [1.807, 2.05) is 26.0 Å². The second-order valence-corrected chi connectivity index (χ2v) is 8.06. The van der Waals surface area contributed by atoms with E-state index >= 15 is 0 Å². The van der Waals surface area contributed by atoms with Gasteiger partial charge in [-0.05, 0) is 49.4 Å². The predicted octanol–water partition coefficient (Wildman–Crippen LogP) is 4.76. The Morgan fingerprint density at radius 1 is 1.16 bits per heavy atom. The first-order valence-electron chi connectivity index (χ1n) is 10.1. The van der Waals surface area contributed by atoms with Gasteiger partial charge >= 0.3 is 5.97 Å². The van der Waals surface area contributed by atoms with Crippen molar-refractivity contribution in [2.24, 2.45) is 5.41 Å². The van der Waals surface area contributed by atoms with E-state index in [2.05, 4.69) is 0 Å². The van der Waals surface area contributed by atoms with Gasteiger partial charge in [-0.2, -0.15) is 0 Å². The van der Waals surface area contributed by atoms with E-state index in [9.17, 15) is 30.1 Å². The quantitative estimate of drug-likeness (QED) is 0.239. The predicted molar refractivity (Wildman–Crippen MR) is 119 cm³/mol. The van der Waals surface area contributed by atoms with Gasteiger partial charge < -0.3 is 14.7 Å². The van der Waals surface area contributed by atoms with Gasteiger partial charge in [0.15, 0.2) is 6.73 Å². The largest absolute Gasteiger partial charge is 0.508 e. The molecule has 2 unspecified atom stereocenters. The minimum absolute atomic E-state index is 0.0292. The smallest absolute Gasteiger partial charge is 0.313 e. The van der Waals surface area contributed by atoms with E-state index in [4.69, 9.17) is 4.74 Å². The van der Waals surface area contributed by atoms with Crippen molar-refractivity contribution in [2.45, 2.75) is 39.5 Å². The molecule has 2 aromatic carbocycles. The Balaban J connectivity index is 2.11. The molecule has 0 aliphatic carbocycles. The van der Waals surface area contributed by atoms with E-state index < -0.39 is 32.6 Å². The van der Waals surface area contributed by atoms with Crippen molar-refractivity contribution in [1.29, 1.82) is 0 Å². The molecule has 0 fully saturated rings. The molecule has 1 N–H and O–H groups in total. The number of carbonyl (C=O) groups excluding carboxylic acids is 1. The fraction of sp³-hybridized carbons (Fsp3) is 0.409. The first-order valence-corrected chi connectivity index (χ1v) is 10.1. The van der Waals surface area contributed by atoms with Gasteiger partial charge in [0.25, 0.3) is 11.4 Å². The van der Waals surface area contributed by atoms with Crippen molar-refractivity contribution >= 4 is 23.0 Å². The zero-order valence-electron chi connectivity index (χ0n) is 18.5. The van der Waals surface area contributed by atoms with Crippen LogP contribution in [0.5, 0.6) is 5.75 Å². The summed E-state index contributed by atoms with van der Waals surface area (Å²) in [6, 6.07) is 10.1. The van der Waals surface area contributed by atoms with Gasteiger partial charge in [-0.15, -0.1) is 0 Å². The van der Waals surface area contributed by atoms with Crippen LogP contribution in [0.3, 0.4) is 0 Å². The first kappa shape index (κ1) is 24.6. The molecule has 0 heterocycles. The minimum atomic E-state index is -0.792. The lowest BCUT2D eigenvalue weighted by molar-refractivity contribution is -0.393. The topological polar surface area (TPSA) is 136 Å². The molecule has 0 aliphatic heterocycles. The van der Waals surface area contributed by atoms with Gasteiger partial charge in [0.2, 0.25) is 0 Å². The molecule has 0 aliphatic rings. The standard InChI is InChI=1S/C22H27N3O7/c1-5-22(3,13-15(2)16-6-9-18(26)10-7-16)21(27)32-14-23(4)19-11-8-17(24(28)29)12-20(19)25(30)31/h6-12,15,26H,5,13-14H2,1-4H3. The fourth-order valence-electron chi connectivity index (χ4n) is 3.46. The van der Waals surface area contributed by atoms with Crippen LogP contribution in [0.2, 0.25) is 0 Å². The number of aromatic hydroxyl groups is 1. The number of hydrogen-bond acceptors (Lipinski definition) is 8. The van der Waals surface area contributed by atoms with E-state index in [1.165, 1.54) is 18.0 Å². The molecule has 0 amide bonds. The highest BCUT2D eigenvalue weighted by molar-refractivity contribution is 5.77. The molecule has 0 spiro atoms. The summed E-state index contributed by atoms with van der Waals surface area (Å²) >= 11 is 0. The number of anilines is 1. The molecule has 0 bridgehead atoms. The summed E-state index contributed by atoms with van der Waals surface area (Å²) in [4.78, 5) is 35.1. The number of non-ortho nitro benzene ring substituents is 1. The van der Waals surface area contributed by atoms with Gasteiger partial charge in [-0.1, -0.05) is 26.0 Å². The lowest BCUT2D eigenvalue weighted by Gasteiger charge is -2.30. The Morgan fingerprint density at radius 2 is 1.78 bits per heavy atom. The van der Waals surface area contributed by atoms with Crippen LogP contribution < -0.4 is 4.90 Å². The number of benzene rings is 2. The van der Waals surface area contributed by atoms with Gasteiger partial charge in [0, 0.05) is 13.1 Å². The van der Waals surface area contributed by atoms with Crippen molar-refractivity contribution < 1.29 is 24.5 Å². The molecule has 0 aromatic heterocycles. The van der Waals surface area contributed by atoms with Crippen molar-refractivity contribution in [2.75, 3.05) is 18.7 Å². The second-order valence-electron chi connectivity index (χ2n) is 8.06. The fourth-order valence-corrected chi connectivity index (χ4v) is 3.46. The maximum atomic E-state index is 12.9. The van der Waals surface area contributed by atoms with Crippen molar-refractivity contribution in [1.82, 2.24) is 0 Å². The van der Waals surface area contributed by atoms with Crippen LogP contribution in [0.4, 0.5) is 17.1 Å². The van der Waals surface area contributed by atoms with Crippen LogP contribution in [-0.4, -0.2) is 34.7 Å². The van der Waals surface area contributed by atoms with Gasteiger partial charge in [0.05, 0.1) is 21.3 Å². The normalized spacial score (nSPS) is 13.6. The van der Waals surface area contributed by atoms with Crippen molar-refractivity contribution in [3.63, 3.8) is 0 Å². The van der Waals surface area contributed by atoms with Crippen LogP contribution in [0.15, 0.2) is 42.5 Å². The minimum Gasteiger partial charge on any atom is -0.508 e. The van der Waals surface area contributed by atoms with E-state index in [0.29, 0.717) is 12.8 Å². The number of phenols is 1. The summed E-state index contributed by atoms with van der Waals surface area (Å²) in [6.45, 7) is 5.43. The molecule has 172 valence electrons. The number of nitro benzene ring substituents is 2. The van der Waals surface area contributed by atoms with Gasteiger partial charge in [-0.3, -0.25) is 25.0 Å². The molecule has 10 nitrogen and oxygen atoms in total. The third-order valence-electron chi connectivity index (χ3n) is 5.66. The Labute approximate surface area is 185 Å². The summed E-state index contributed by atoms with van der Waals surface area (Å²) < 4.78 is 5.47. The number of nitro groups is 2. The monoisotopic (exact) mass is 445 g/mol. The summed E-state index contributed by atoms with van der Waals surface area (Å²) in [5.41, 5.74) is -0.554. The average Bonchev–Trinajstić information content (AvgIpc) is 2.76. The highest BCUT2D eigenvalue weighted by Gasteiger charge is 2.35. The molecule has 0 radical (unpaired) electrons. The summed E-state index contributed by atoms with van der Waals surface area (Å²) in [5, 5.41) is 31.7. The molecule has 0 saturated heterocycles. The Bertz CT molecular complexity index is 994. The van der Waals surface area contributed by atoms with Crippen LogP contribution in [0.1, 0.15) is 45.1 Å². The SMILES string of the molecule is CCC(C)(CC(C)c1ccc(O)cc1)C(=O)OCN(C)c1ccc([N+](=O)[O-])cc1[N+](=O)[O-]. The number of esters is 1. The Hall–Kier alpha value is -3.69. The average molecular weight is 445 g/mol. The highest BCUT2D eigenvalue weighted by Crippen LogP contribution is 2.37. The number of nitrogens with zero attached hydrogens (tertiary/aromatic N) is 3. The lowest BCUT2D eigenvalue weighted by Crippen LogP contribution is -2.34. The maximum absolute atomic E-state index is 12.9. The molecular weight excluding hydrogens is 418 g/mol. The van der Waals surface area contributed by atoms with Crippen LogP contribution in [0, 0.1) is 25.6 Å². The lowest BCUT2D eigenvalue weighted by atomic mass is 9.77. The third kappa shape index (κ3) is 5.71. The maximum Gasteiger partial charge on any atom is 0.313 e. The summed E-state index contributed by atoms with van der Waals surface area (Å²) in [5.74, 6) is -0.245. The molecule has 10 heteroatoms. The Kier molecular flexibility index (Phi) is 7.74. The summed E-state index contributed by atoms with van der Waals surface area (Å²) in [7, 11) is 1.50. The molecule has 2 aromatic rings. The molecular formula is C22H27N3O7. The summed E-state index contributed by atoms with van der Waals surface area (Å²) in [6.07, 6.45) is 1.03. The molecule has 2 atom stereocenters. The van der Waals surface area contributed by atoms with Gasteiger partial charge in [-0.25, -0.2) is 0 Å². The van der Waals surface area contributed by atoms with Crippen LogP contribution >= 0.6 is 0 Å². The molecule has 2 rings (SSSR count). The Morgan fingerprint density at radius 3 is 2.31 bits per heavy atom. The van der Waals surface area contributed by atoms with E-state index in [-0.39, 0.29) is 24.1 Å². The van der Waals surface area contributed by atoms with Gasteiger partial charge in [0.1, 0.15) is 11.4 Å². The zero-order valence-corrected chi connectivity index (χ0v) is 18.5. The second kappa shape index (κ2) is 10.1. The van der Waals surface area contributed by atoms with E-state index in [0.717, 1.165) is 17.7 Å². The van der Waals surface area contributed by atoms with Crippen LogP contribution in [-0.2, 0) is 9.53 Å². The molecule has 0 saturated carbocycles. The number of ether oxygens (including phenoxy) is 1. The number of hydrogen-bond donors (Lipinski definition) is 1. The first-order chi connectivity index (χ1) is 15.0. The van der Waals surface area contributed by atoms with E-state index in [1.54, 1.807) is 19.1 Å². The third-order valence-corrected chi connectivity index (χ3v) is 5.66. The van der Waals surface area contributed by atoms with Crippen molar-refractivity contribution in [3.8, 4) is 5.75 Å². The number of phenolic OH excluding ortho intramolecular Hbond substituents is 1.